The van der Waals surface area contributed by atoms with E-state index in [4.69, 9.17) is 47.9 Å². The van der Waals surface area contributed by atoms with Crippen LogP contribution in [0.25, 0.3) is 0 Å². The van der Waals surface area contributed by atoms with Gasteiger partial charge in [-0.2, -0.15) is 5.26 Å². The Morgan fingerprint density at radius 2 is 1.80 bits per heavy atom. The van der Waals surface area contributed by atoms with Gasteiger partial charge in [0.05, 0.1) is 23.6 Å². The van der Waals surface area contributed by atoms with Gasteiger partial charge in [0.25, 0.3) is 0 Å². The average molecular weight is 573 g/mol. The van der Waals surface area contributed by atoms with Gasteiger partial charge in [0.15, 0.2) is 0 Å². The molecule has 1 aliphatic heterocycles. The molecule has 0 radical (unpaired) electrons. The van der Waals surface area contributed by atoms with Crippen LogP contribution in [0.2, 0.25) is 10.0 Å². The van der Waals surface area contributed by atoms with Crippen molar-refractivity contribution in [2.45, 2.75) is 12.5 Å². The number of allylic oxidation sites excluding steroid dienone is 1. The van der Waals surface area contributed by atoms with E-state index in [2.05, 4.69) is 6.07 Å². The maximum absolute atomic E-state index is 12.7. The average Bonchev–Trinajstić information content (AvgIpc) is 2.96. The first-order valence-corrected chi connectivity index (χ1v) is 12.9. The molecule has 2 N–H and O–H groups in total. The van der Waals surface area contributed by atoms with Crippen LogP contribution < -0.4 is 24.7 Å². The standard InChI is InChI=1S/C31H22Cl2N2O5/c1-37-27-12-9-19(14-26(27)33)31(36)39-22-10-11-23-28(15-22)40-30(35)24(16-34)29(23)18-6-4-7-21(13-18)38-17-20-5-2-3-8-25(20)32/h2-15,29H,17,35H2,1H3. The van der Waals surface area contributed by atoms with Crippen LogP contribution in [0.5, 0.6) is 23.0 Å². The van der Waals surface area contributed by atoms with Crippen molar-refractivity contribution >= 4 is 29.2 Å². The molecule has 4 aromatic rings. The van der Waals surface area contributed by atoms with Gasteiger partial charge < -0.3 is 24.7 Å². The van der Waals surface area contributed by atoms with Gasteiger partial charge in [-0.3, -0.25) is 0 Å². The van der Waals surface area contributed by atoms with E-state index in [1.165, 1.54) is 13.2 Å². The summed E-state index contributed by atoms with van der Waals surface area (Å²) in [5.74, 6) is 0.476. The minimum atomic E-state index is -0.610. The molecule has 40 heavy (non-hydrogen) atoms. The molecule has 1 unspecified atom stereocenters. The highest BCUT2D eigenvalue weighted by Crippen LogP contribution is 2.44. The number of nitriles is 1. The predicted octanol–water partition coefficient (Wildman–Crippen LogP) is 7.02. The first-order valence-electron chi connectivity index (χ1n) is 12.1. The molecule has 1 atom stereocenters. The summed E-state index contributed by atoms with van der Waals surface area (Å²) in [6.07, 6.45) is 0. The van der Waals surface area contributed by atoms with Crippen molar-refractivity contribution in [2.75, 3.05) is 7.11 Å². The molecular formula is C31H22Cl2N2O5. The van der Waals surface area contributed by atoms with Gasteiger partial charge in [-0.1, -0.05) is 59.6 Å². The molecule has 9 heteroatoms. The van der Waals surface area contributed by atoms with Crippen LogP contribution in [0.4, 0.5) is 0 Å². The number of nitrogens with two attached hydrogens (primary N) is 1. The van der Waals surface area contributed by atoms with E-state index < -0.39 is 11.9 Å². The second kappa shape index (κ2) is 11.6. The number of hydrogen-bond donors (Lipinski definition) is 1. The third-order valence-electron chi connectivity index (χ3n) is 6.33. The summed E-state index contributed by atoms with van der Waals surface area (Å²) in [7, 11) is 1.49. The Bertz CT molecular complexity index is 1680. The zero-order valence-electron chi connectivity index (χ0n) is 21.2. The number of benzene rings is 4. The zero-order chi connectivity index (χ0) is 28.2. The minimum Gasteiger partial charge on any atom is -0.495 e. The van der Waals surface area contributed by atoms with Crippen molar-refractivity contribution in [3.63, 3.8) is 0 Å². The highest BCUT2D eigenvalue weighted by atomic mass is 35.5. The van der Waals surface area contributed by atoms with Crippen molar-refractivity contribution in [1.82, 2.24) is 0 Å². The molecule has 0 bridgehead atoms. The highest BCUT2D eigenvalue weighted by molar-refractivity contribution is 6.32. The Morgan fingerprint density at radius 1 is 0.975 bits per heavy atom. The molecule has 200 valence electrons. The summed E-state index contributed by atoms with van der Waals surface area (Å²) < 4.78 is 22.5. The first-order chi connectivity index (χ1) is 19.4. The van der Waals surface area contributed by atoms with Crippen LogP contribution in [-0.4, -0.2) is 13.1 Å². The van der Waals surface area contributed by atoms with E-state index >= 15 is 0 Å². The van der Waals surface area contributed by atoms with E-state index in [1.54, 1.807) is 36.4 Å². The lowest BCUT2D eigenvalue weighted by Gasteiger charge is -2.27. The SMILES string of the molecule is COc1ccc(C(=O)Oc2ccc3c(c2)OC(N)=C(C#N)C3c2cccc(OCc3ccccc3Cl)c2)cc1Cl. The van der Waals surface area contributed by atoms with Gasteiger partial charge in [-0.05, 0) is 48.0 Å². The summed E-state index contributed by atoms with van der Waals surface area (Å²) in [4.78, 5) is 12.7. The number of halogens is 2. The molecule has 0 aliphatic carbocycles. The van der Waals surface area contributed by atoms with Crippen molar-refractivity contribution in [1.29, 1.82) is 5.26 Å². The number of methoxy groups -OCH3 is 1. The largest absolute Gasteiger partial charge is 0.495 e. The third kappa shape index (κ3) is 5.55. The maximum atomic E-state index is 12.7. The smallest absolute Gasteiger partial charge is 0.343 e. The summed E-state index contributed by atoms with van der Waals surface area (Å²) in [6.45, 7) is 0.282. The van der Waals surface area contributed by atoms with Gasteiger partial charge in [-0.25, -0.2) is 4.79 Å². The van der Waals surface area contributed by atoms with Crippen LogP contribution in [0.1, 0.15) is 33.0 Å². The molecule has 7 nitrogen and oxygen atoms in total. The van der Waals surface area contributed by atoms with Crippen molar-refractivity contribution in [3.8, 4) is 29.1 Å². The van der Waals surface area contributed by atoms with Crippen LogP contribution in [0.3, 0.4) is 0 Å². The molecule has 5 rings (SSSR count). The summed E-state index contributed by atoms with van der Waals surface area (Å²) in [5.41, 5.74) is 8.98. The number of nitrogens with zero attached hydrogens (tertiary/aromatic N) is 1. The van der Waals surface area contributed by atoms with Crippen molar-refractivity contribution < 1.29 is 23.7 Å². The lowest BCUT2D eigenvalue weighted by Crippen LogP contribution is -2.21. The van der Waals surface area contributed by atoms with Crippen LogP contribution in [0, 0.1) is 11.3 Å². The Morgan fingerprint density at radius 3 is 2.55 bits per heavy atom. The number of fused-ring (bicyclic) bond motifs is 1. The van der Waals surface area contributed by atoms with Crippen LogP contribution in [-0.2, 0) is 6.61 Å². The second-order valence-corrected chi connectivity index (χ2v) is 9.63. The fourth-order valence-corrected chi connectivity index (χ4v) is 4.81. The maximum Gasteiger partial charge on any atom is 0.343 e. The monoisotopic (exact) mass is 572 g/mol. The zero-order valence-corrected chi connectivity index (χ0v) is 22.7. The lowest BCUT2D eigenvalue weighted by molar-refractivity contribution is 0.0734. The summed E-state index contributed by atoms with van der Waals surface area (Å²) in [6, 6.07) is 26.6. The van der Waals surface area contributed by atoms with Crippen LogP contribution >= 0.6 is 23.2 Å². The van der Waals surface area contributed by atoms with Crippen molar-refractivity contribution in [3.05, 3.63) is 129 Å². The Labute approximate surface area is 240 Å². The second-order valence-electron chi connectivity index (χ2n) is 8.82. The number of hydrogen-bond acceptors (Lipinski definition) is 7. The normalized spacial score (nSPS) is 14.0. The van der Waals surface area contributed by atoms with Gasteiger partial charge in [0.1, 0.15) is 41.2 Å². The highest BCUT2D eigenvalue weighted by Gasteiger charge is 2.31. The van der Waals surface area contributed by atoms with Gasteiger partial charge in [0, 0.05) is 22.2 Å². The number of carbonyl (C=O) groups is 1. The molecule has 1 aliphatic rings. The van der Waals surface area contributed by atoms with E-state index in [0.717, 1.165) is 11.1 Å². The number of carbonyl (C=O) groups excluding carboxylic acids is 1. The Balaban J connectivity index is 1.41. The van der Waals surface area contributed by atoms with E-state index in [9.17, 15) is 10.1 Å². The predicted molar refractivity (Wildman–Crippen MR) is 151 cm³/mol. The molecule has 0 saturated carbocycles. The molecule has 0 saturated heterocycles. The van der Waals surface area contributed by atoms with E-state index in [-0.39, 0.29) is 34.4 Å². The summed E-state index contributed by atoms with van der Waals surface area (Å²) in [5, 5.41) is 10.8. The number of rotatable bonds is 7. The minimum absolute atomic E-state index is 0.0344. The lowest BCUT2D eigenvalue weighted by atomic mass is 9.83. The molecule has 0 amide bonds. The fourth-order valence-electron chi connectivity index (χ4n) is 4.36. The number of esters is 1. The number of ether oxygens (including phenoxy) is 4. The Kier molecular flexibility index (Phi) is 7.83. The quantitative estimate of drug-likeness (QED) is 0.187. The van der Waals surface area contributed by atoms with E-state index in [0.29, 0.717) is 27.8 Å². The molecule has 0 aromatic heterocycles. The fraction of sp³-hybridized carbons (Fsp3) is 0.0968. The molecule has 0 spiro atoms. The van der Waals surface area contributed by atoms with E-state index in [1.807, 2.05) is 42.5 Å². The van der Waals surface area contributed by atoms with Gasteiger partial charge in [0.2, 0.25) is 5.88 Å². The molecule has 0 fully saturated rings. The van der Waals surface area contributed by atoms with Crippen LogP contribution in [0.15, 0.2) is 96.4 Å². The topological polar surface area (TPSA) is 104 Å². The molecule has 1 heterocycles. The first kappa shape index (κ1) is 26.9. The van der Waals surface area contributed by atoms with Gasteiger partial charge in [-0.15, -0.1) is 0 Å². The molecular weight excluding hydrogens is 551 g/mol. The van der Waals surface area contributed by atoms with Gasteiger partial charge >= 0.3 is 5.97 Å². The van der Waals surface area contributed by atoms with Crippen molar-refractivity contribution in [2.24, 2.45) is 5.73 Å². The summed E-state index contributed by atoms with van der Waals surface area (Å²) >= 11 is 12.4. The third-order valence-corrected chi connectivity index (χ3v) is 7.00. The Hall–Kier alpha value is -4.64. The molecule has 4 aromatic carbocycles.